The molecule has 10 nitrogen and oxygen atoms in total. The molecule has 0 aromatic heterocycles. The highest BCUT2D eigenvalue weighted by molar-refractivity contribution is 7.92. The Kier molecular flexibility index (Phi) is 9.29. The molecule has 2 atom stereocenters. The summed E-state index contributed by atoms with van der Waals surface area (Å²) in [6, 6.07) is 26.6. The fourth-order valence-electron chi connectivity index (χ4n) is 5.58. The first-order valence-corrected chi connectivity index (χ1v) is 16.2. The highest BCUT2D eigenvalue weighted by Gasteiger charge is 2.39. The van der Waals surface area contributed by atoms with Crippen molar-refractivity contribution in [2.45, 2.75) is 35.4 Å². The Morgan fingerprint density at radius 1 is 0.956 bits per heavy atom. The van der Waals surface area contributed by atoms with Crippen LogP contribution in [-0.4, -0.2) is 73.2 Å². The van der Waals surface area contributed by atoms with Crippen molar-refractivity contribution in [2.24, 2.45) is 5.73 Å². The molecule has 1 unspecified atom stereocenters. The number of guanidine groups is 1. The molecule has 0 aliphatic carbocycles. The minimum Gasteiger partial charge on any atom is -0.370 e. The minimum absolute atomic E-state index is 0.0465. The number of sulfone groups is 1. The van der Waals surface area contributed by atoms with Crippen molar-refractivity contribution in [1.29, 1.82) is 5.41 Å². The number of likely N-dealkylation sites (N-methyl/N-ethyl adjacent to an activating group) is 1. The average Bonchev–Trinajstić information content (AvgIpc) is 3.07. The summed E-state index contributed by atoms with van der Waals surface area (Å²) in [6.45, 7) is 0.947. The van der Waals surface area contributed by atoms with Gasteiger partial charge in [0.1, 0.15) is 5.25 Å². The Balaban J connectivity index is 1.41. The van der Waals surface area contributed by atoms with Crippen LogP contribution in [0.5, 0.6) is 0 Å². The van der Waals surface area contributed by atoms with Crippen molar-refractivity contribution in [3.05, 3.63) is 108 Å². The summed E-state index contributed by atoms with van der Waals surface area (Å²) in [5.41, 5.74) is 6.90. The van der Waals surface area contributed by atoms with Crippen LogP contribution >= 0.6 is 0 Å². The van der Waals surface area contributed by atoms with E-state index in [1.54, 1.807) is 78.7 Å². The van der Waals surface area contributed by atoms with E-state index in [2.05, 4.69) is 5.32 Å². The number of hydrogen-bond donors (Lipinski definition) is 3. The number of anilines is 1. The molecule has 232 valence electrons. The van der Waals surface area contributed by atoms with Gasteiger partial charge in [-0.1, -0.05) is 72.8 Å². The summed E-state index contributed by atoms with van der Waals surface area (Å²) in [7, 11) is -2.56. The predicted molar refractivity (Wildman–Crippen MR) is 174 cm³/mol. The minimum atomic E-state index is -4.16. The van der Waals surface area contributed by atoms with Crippen molar-refractivity contribution in [3.8, 4) is 0 Å². The van der Waals surface area contributed by atoms with E-state index in [0.29, 0.717) is 37.2 Å². The van der Waals surface area contributed by atoms with Gasteiger partial charge < -0.3 is 20.9 Å². The molecule has 5 rings (SSSR count). The number of amides is 2. The van der Waals surface area contributed by atoms with Crippen LogP contribution in [0.2, 0.25) is 0 Å². The third-order valence-corrected chi connectivity index (χ3v) is 10.2. The standard InChI is InChI=1S/C34H35N5O5S/c1-38(28-12-7-19-39(22-28)34(35)36)33(42)30(45(43,44)29-18-15-24-8-5-6-11-26(24)21-29)20-23-13-16-27(17-14-23)37-32(41)31(40)25-9-3-2-4-10-25/h2-6,8-11,13-18,21,28,30H,7,12,19-20,22H2,1H3,(H3,35,36)(H,37,41)/t28-,30?/m0/s1. The number of nitrogens with zero attached hydrogens (tertiary/aromatic N) is 2. The lowest BCUT2D eigenvalue weighted by Gasteiger charge is -2.39. The topological polar surface area (TPSA) is 154 Å². The second-order valence-corrected chi connectivity index (χ2v) is 13.3. The van der Waals surface area contributed by atoms with Crippen molar-refractivity contribution < 1.29 is 22.8 Å². The fourth-order valence-corrected chi connectivity index (χ4v) is 7.30. The predicted octanol–water partition coefficient (Wildman–Crippen LogP) is 3.86. The molecule has 0 bridgehead atoms. The molecule has 1 aliphatic heterocycles. The number of carbonyl (C=O) groups is 3. The molecular weight excluding hydrogens is 590 g/mol. The zero-order valence-electron chi connectivity index (χ0n) is 24.8. The Morgan fingerprint density at radius 3 is 2.31 bits per heavy atom. The van der Waals surface area contributed by atoms with E-state index in [-0.39, 0.29) is 28.9 Å². The summed E-state index contributed by atoms with van der Waals surface area (Å²) in [5, 5.41) is 10.6. The van der Waals surface area contributed by atoms with Crippen LogP contribution in [0.25, 0.3) is 10.8 Å². The SMILES string of the molecule is CN(C(=O)C(Cc1ccc(NC(=O)C(=O)c2ccccc2)cc1)S(=O)(=O)c1ccc2ccccc2c1)[C@H]1CCCN(C(=N)N)C1. The van der Waals surface area contributed by atoms with Crippen LogP contribution in [0.15, 0.2) is 102 Å². The molecule has 0 saturated carbocycles. The highest BCUT2D eigenvalue weighted by atomic mass is 32.2. The van der Waals surface area contributed by atoms with E-state index < -0.39 is 32.7 Å². The van der Waals surface area contributed by atoms with E-state index in [0.717, 1.165) is 10.8 Å². The second kappa shape index (κ2) is 13.3. The van der Waals surface area contributed by atoms with Crippen molar-refractivity contribution in [1.82, 2.24) is 9.80 Å². The molecule has 0 spiro atoms. The first-order chi connectivity index (χ1) is 21.5. The van der Waals surface area contributed by atoms with Crippen LogP contribution in [0.3, 0.4) is 0 Å². The summed E-state index contributed by atoms with van der Waals surface area (Å²) < 4.78 is 28.4. The maximum atomic E-state index is 14.2. The second-order valence-electron chi connectivity index (χ2n) is 11.2. The van der Waals surface area contributed by atoms with Gasteiger partial charge in [0.15, 0.2) is 15.8 Å². The Morgan fingerprint density at radius 2 is 1.62 bits per heavy atom. The number of likely N-dealkylation sites (tertiary alicyclic amines) is 1. The number of nitrogens with two attached hydrogens (primary N) is 1. The number of hydrogen-bond acceptors (Lipinski definition) is 6. The van der Waals surface area contributed by atoms with E-state index in [9.17, 15) is 22.8 Å². The lowest BCUT2D eigenvalue weighted by molar-refractivity contribution is -0.132. The zero-order chi connectivity index (χ0) is 32.1. The summed E-state index contributed by atoms with van der Waals surface area (Å²) in [4.78, 5) is 42.3. The number of benzene rings is 4. The smallest absolute Gasteiger partial charge is 0.296 e. The monoisotopic (exact) mass is 625 g/mol. The molecule has 4 aromatic carbocycles. The lowest BCUT2D eigenvalue weighted by atomic mass is 10.0. The molecule has 2 amide bonds. The molecule has 1 saturated heterocycles. The summed E-state index contributed by atoms with van der Waals surface area (Å²) >= 11 is 0. The first-order valence-electron chi connectivity index (χ1n) is 14.6. The molecule has 11 heteroatoms. The van der Waals surface area contributed by atoms with Crippen molar-refractivity contribution >= 4 is 49.9 Å². The third kappa shape index (κ3) is 7.04. The summed E-state index contributed by atoms with van der Waals surface area (Å²) in [6.07, 6.45) is 1.26. The molecule has 4 aromatic rings. The number of nitrogens with one attached hydrogen (secondary N) is 2. The maximum Gasteiger partial charge on any atom is 0.296 e. The van der Waals surface area contributed by atoms with Gasteiger partial charge in [0.25, 0.3) is 11.7 Å². The van der Waals surface area contributed by atoms with Gasteiger partial charge in [-0.3, -0.25) is 19.8 Å². The van der Waals surface area contributed by atoms with E-state index in [4.69, 9.17) is 11.1 Å². The van der Waals surface area contributed by atoms with Gasteiger partial charge in [-0.05, 0) is 59.9 Å². The molecule has 1 aliphatic rings. The maximum absolute atomic E-state index is 14.2. The third-order valence-electron chi connectivity index (χ3n) is 8.21. The fraction of sp³-hybridized carbons (Fsp3) is 0.235. The van der Waals surface area contributed by atoms with Gasteiger partial charge in [-0.2, -0.15) is 0 Å². The number of fused-ring (bicyclic) bond motifs is 1. The van der Waals surface area contributed by atoms with E-state index >= 15 is 0 Å². The Hall–Kier alpha value is -5.03. The lowest BCUT2D eigenvalue weighted by Crippen LogP contribution is -2.54. The Bertz CT molecular complexity index is 1840. The Labute approximate surface area is 262 Å². The largest absolute Gasteiger partial charge is 0.370 e. The number of piperidine rings is 1. The van der Waals surface area contributed by atoms with Crippen LogP contribution in [-0.2, 0) is 25.8 Å². The molecular formula is C34H35N5O5S. The van der Waals surface area contributed by atoms with Gasteiger partial charge in [0.2, 0.25) is 5.91 Å². The number of rotatable bonds is 9. The molecule has 0 radical (unpaired) electrons. The molecule has 45 heavy (non-hydrogen) atoms. The van der Waals surface area contributed by atoms with E-state index in [1.807, 2.05) is 24.3 Å². The number of ketones is 1. The van der Waals surface area contributed by atoms with Crippen molar-refractivity contribution in [2.75, 3.05) is 25.5 Å². The molecule has 1 heterocycles. The number of Topliss-reactive ketones (excluding diaryl/α,β-unsaturated/α-hetero) is 1. The molecule has 4 N–H and O–H groups in total. The van der Waals surface area contributed by atoms with Gasteiger partial charge >= 0.3 is 0 Å². The average molecular weight is 626 g/mol. The van der Waals surface area contributed by atoms with Gasteiger partial charge in [-0.15, -0.1) is 0 Å². The van der Waals surface area contributed by atoms with Crippen molar-refractivity contribution in [3.63, 3.8) is 0 Å². The van der Waals surface area contributed by atoms with Gasteiger partial charge in [-0.25, -0.2) is 8.42 Å². The van der Waals surface area contributed by atoms with Crippen LogP contribution in [0.4, 0.5) is 5.69 Å². The molecule has 1 fully saturated rings. The van der Waals surface area contributed by atoms with Crippen LogP contribution < -0.4 is 11.1 Å². The number of carbonyl (C=O) groups excluding carboxylic acids is 3. The summed E-state index contributed by atoms with van der Waals surface area (Å²) in [5.74, 6) is -2.11. The van der Waals surface area contributed by atoms with Gasteiger partial charge in [0, 0.05) is 37.4 Å². The van der Waals surface area contributed by atoms with E-state index in [1.165, 1.54) is 11.0 Å². The quantitative estimate of drug-likeness (QED) is 0.110. The van der Waals surface area contributed by atoms with Crippen LogP contribution in [0, 0.1) is 5.41 Å². The normalized spacial score (nSPS) is 15.7. The van der Waals surface area contributed by atoms with Gasteiger partial charge in [0.05, 0.1) is 4.90 Å². The van der Waals surface area contributed by atoms with Crippen LogP contribution in [0.1, 0.15) is 28.8 Å². The zero-order valence-corrected chi connectivity index (χ0v) is 25.7. The first kappa shape index (κ1) is 31.4. The highest BCUT2D eigenvalue weighted by Crippen LogP contribution is 2.27.